The van der Waals surface area contributed by atoms with Crippen LogP contribution >= 0.6 is 27.5 Å². The van der Waals surface area contributed by atoms with Gasteiger partial charge >= 0.3 is 0 Å². The molecule has 0 atom stereocenters. The fourth-order valence-electron chi connectivity index (χ4n) is 1.96. The number of hydrogen-bond donors (Lipinski definition) is 1. The predicted octanol–water partition coefficient (Wildman–Crippen LogP) is 4.17. The Balaban J connectivity index is 2.08. The highest BCUT2D eigenvalue weighted by molar-refractivity contribution is 9.10. The highest BCUT2D eigenvalue weighted by Gasteiger charge is 2.09. The minimum absolute atomic E-state index is 0.697. The number of benzene rings is 1. The van der Waals surface area contributed by atoms with E-state index in [1.807, 2.05) is 31.3 Å². The Morgan fingerprint density at radius 1 is 1.20 bits per heavy atom. The molecule has 0 bridgehead atoms. The van der Waals surface area contributed by atoms with Crippen LogP contribution in [0.1, 0.15) is 11.3 Å². The number of halogens is 2. The number of aromatic nitrogens is 1. The lowest BCUT2D eigenvalue weighted by Crippen LogP contribution is -2.18. The maximum Gasteiger partial charge on any atom is 0.126 e. The molecule has 20 heavy (non-hydrogen) atoms. The molecule has 3 nitrogen and oxygen atoms in total. The molecule has 0 amide bonds. The van der Waals surface area contributed by atoms with Crippen LogP contribution in [0.2, 0.25) is 5.02 Å². The molecule has 106 valence electrons. The summed E-state index contributed by atoms with van der Waals surface area (Å²) in [6, 6.07) is 12.0. The molecule has 1 aromatic carbocycles. The number of anilines is 1. The topological polar surface area (TPSA) is 28.2 Å². The third-order valence-corrected chi connectivity index (χ3v) is 4.11. The van der Waals surface area contributed by atoms with Crippen LogP contribution in [-0.2, 0) is 13.1 Å². The first-order valence-corrected chi connectivity index (χ1v) is 7.52. The fraction of sp³-hybridized carbons (Fsp3) is 0.267. The smallest absolute Gasteiger partial charge is 0.126 e. The molecule has 1 aromatic heterocycles. The zero-order valence-electron chi connectivity index (χ0n) is 11.5. The Morgan fingerprint density at radius 2 is 1.95 bits per heavy atom. The zero-order valence-corrected chi connectivity index (χ0v) is 13.9. The Kier molecular flexibility index (Phi) is 5.40. The fourth-order valence-corrected chi connectivity index (χ4v) is 2.54. The monoisotopic (exact) mass is 353 g/mol. The Bertz CT molecular complexity index is 589. The molecule has 2 aromatic rings. The molecule has 0 aliphatic carbocycles. The summed E-state index contributed by atoms with van der Waals surface area (Å²) in [5.41, 5.74) is 2.13. The normalized spacial score (nSPS) is 10.8. The molecule has 0 radical (unpaired) electrons. The Morgan fingerprint density at radius 3 is 2.65 bits per heavy atom. The first-order chi connectivity index (χ1) is 9.60. The van der Waals surface area contributed by atoms with Crippen molar-refractivity contribution in [2.75, 3.05) is 19.4 Å². The number of hydrogen-bond acceptors (Lipinski definition) is 3. The van der Waals surface area contributed by atoms with E-state index in [0.717, 1.165) is 22.5 Å². The predicted molar refractivity (Wildman–Crippen MR) is 88.1 cm³/mol. The molecule has 0 fully saturated rings. The van der Waals surface area contributed by atoms with Crippen molar-refractivity contribution in [3.8, 4) is 0 Å². The van der Waals surface area contributed by atoms with E-state index in [0.29, 0.717) is 11.6 Å². The van der Waals surface area contributed by atoms with Gasteiger partial charge < -0.3 is 5.32 Å². The third kappa shape index (κ3) is 3.95. The molecule has 2 rings (SSSR count). The summed E-state index contributed by atoms with van der Waals surface area (Å²) in [6.07, 6.45) is 0. The summed E-state index contributed by atoms with van der Waals surface area (Å²) < 4.78 is 1.12. The van der Waals surface area contributed by atoms with Crippen molar-refractivity contribution >= 4 is 33.3 Å². The molecule has 0 saturated heterocycles. The van der Waals surface area contributed by atoms with Gasteiger partial charge in [-0.05, 0) is 30.8 Å². The second kappa shape index (κ2) is 7.07. The summed E-state index contributed by atoms with van der Waals surface area (Å²) in [5.74, 6) is 0.832. The molecule has 1 heterocycles. The molecule has 1 N–H and O–H groups in total. The second-order valence-corrected chi connectivity index (χ2v) is 5.90. The molecular formula is C15H17BrClN3. The average molecular weight is 355 g/mol. The third-order valence-electron chi connectivity index (χ3n) is 2.99. The number of nitrogens with one attached hydrogen (secondary N) is 1. The first kappa shape index (κ1) is 15.3. The standard InChI is InChI=1S/C15H17BrClN3/c1-18-15-8-7-13(17)14(19-15)10-20(2)9-11-5-3-4-6-12(11)16/h3-8H,9-10H2,1-2H3,(H,18,19). The Labute approximate surface area is 133 Å². The van der Waals surface area contributed by atoms with Crippen LogP contribution in [-0.4, -0.2) is 24.0 Å². The maximum atomic E-state index is 6.21. The van der Waals surface area contributed by atoms with Crippen molar-refractivity contribution in [1.29, 1.82) is 0 Å². The van der Waals surface area contributed by atoms with Gasteiger partial charge in [0, 0.05) is 24.6 Å². The Hall–Kier alpha value is -1.10. The summed E-state index contributed by atoms with van der Waals surface area (Å²) in [6.45, 7) is 1.54. The van der Waals surface area contributed by atoms with Gasteiger partial charge in [-0.2, -0.15) is 0 Å². The minimum Gasteiger partial charge on any atom is -0.373 e. The van der Waals surface area contributed by atoms with Crippen LogP contribution in [0.3, 0.4) is 0 Å². The van der Waals surface area contributed by atoms with E-state index < -0.39 is 0 Å². The lowest BCUT2D eigenvalue weighted by atomic mass is 10.2. The highest BCUT2D eigenvalue weighted by atomic mass is 79.9. The van der Waals surface area contributed by atoms with Crippen LogP contribution in [0.25, 0.3) is 0 Å². The van der Waals surface area contributed by atoms with Crippen LogP contribution in [0, 0.1) is 0 Å². The van der Waals surface area contributed by atoms with Crippen molar-refractivity contribution in [3.63, 3.8) is 0 Å². The quantitative estimate of drug-likeness (QED) is 0.873. The van der Waals surface area contributed by atoms with Gasteiger partial charge in [0.2, 0.25) is 0 Å². The summed E-state index contributed by atoms with van der Waals surface area (Å²) in [4.78, 5) is 6.69. The van der Waals surface area contributed by atoms with Gasteiger partial charge in [0.15, 0.2) is 0 Å². The summed E-state index contributed by atoms with van der Waals surface area (Å²) in [7, 11) is 3.91. The summed E-state index contributed by atoms with van der Waals surface area (Å²) in [5, 5.41) is 3.73. The van der Waals surface area contributed by atoms with Gasteiger partial charge in [0.1, 0.15) is 5.82 Å². The zero-order chi connectivity index (χ0) is 14.5. The molecule has 5 heteroatoms. The van der Waals surface area contributed by atoms with Gasteiger partial charge in [-0.15, -0.1) is 0 Å². The molecular weight excluding hydrogens is 338 g/mol. The number of pyridine rings is 1. The van der Waals surface area contributed by atoms with Gasteiger partial charge in [0.05, 0.1) is 10.7 Å². The van der Waals surface area contributed by atoms with Gasteiger partial charge in [-0.3, -0.25) is 4.90 Å². The highest BCUT2D eigenvalue weighted by Crippen LogP contribution is 2.21. The lowest BCUT2D eigenvalue weighted by molar-refractivity contribution is 0.315. The van der Waals surface area contributed by atoms with Crippen LogP contribution < -0.4 is 5.32 Å². The summed E-state index contributed by atoms with van der Waals surface area (Å²) >= 11 is 9.77. The van der Waals surface area contributed by atoms with E-state index in [9.17, 15) is 0 Å². The van der Waals surface area contributed by atoms with E-state index in [1.165, 1.54) is 5.56 Å². The maximum absolute atomic E-state index is 6.21. The molecule has 0 aliphatic heterocycles. The van der Waals surface area contributed by atoms with E-state index >= 15 is 0 Å². The van der Waals surface area contributed by atoms with Crippen molar-refractivity contribution in [2.24, 2.45) is 0 Å². The van der Waals surface area contributed by atoms with Crippen molar-refractivity contribution in [2.45, 2.75) is 13.1 Å². The van der Waals surface area contributed by atoms with Crippen molar-refractivity contribution in [1.82, 2.24) is 9.88 Å². The van der Waals surface area contributed by atoms with E-state index in [4.69, 9.17) is 11.6 Å². The van der Waals surface area contributed by atoms with Crippen LogP contribution in [0.5, 0.6) is 0 Å². The second-order valence-electron chi connectivity index (χ2n) is 4.64. The molecule has 0 spiro atoms. The number of nitrogens with zero attached hydrogens (tertiary/aromatic N) is 2. The van der Waals surface area contributed by atoms with E-state index in [-0.39, 0.29) is 0 Å². The van der Waals surface area contributed by atoms with Gasteiger partial charge in [-0.1, -0.05) is 45.7 Å². The number of rotatable bonds is 5. The van der Waals surface area contributed by atoms with Gasteiger partial charge in [-0.25, -0.2) is 4.98 Å². The van der Waals surface area contributed by atoms with Crippen LogP contribution in [0.4, 0.5) is 5.82 Å². The lowest BCUT2D eigenvalue weighted by Gasteiger charge is -2.18. The van der Waals surface area contributed by atoms with E-state index in [1.54, 1.807) is 0 Å². The van der Waals surface area contributed by atoms with Crippen LogP contribution in [0.15, 0.2) is 40.9 Å². The first-order valence-electron chi connectivity index (χ1n) is 6.35. The molecule has 0 unspecified atom stereocenters. The SMILES string of the molecule is CNc1ccc(Cl)c(CN(C)Cc2ccccc2Br)n1. The van der Waals surface area contributed by atoms with Crippen molar-refractivity contribution in [3.05, 3.63) is 57.2 Å². The molecule has 0 aliphatic rings. The van der Waals surface area contributed by atoms with E-state index in [2.05, 4.69) is 50.3 Å². The van der Waals surface area contributed by atoms with Crippen molar-refractivity contribution < 1.29 is 0 Å². The average Bonchev–Trinajstić information content (AvgIpc) is 2.44. The molecule has 0 saturated carbocycles. The van der Waals surface area contributed by atoms with Gasteiger partial charge in [0.25, 0.3) is 0 Å². The largest absolute Gasteiger partial charge is 0.373 e. The minimum atomic E-state index is 0.697.